The first-order valence-corrected chi connectivity index (χ1v) is 6.32. The Labute approximate surface area is 119 Å². The van der Waals surface area contributed by atoms with Crippen LogP contribution in [-0.4, -0.2) is 22.2 Å². The Balaban J connectivity index is 1.87. The molecule has 0 aliphatic carbocycles. The van der Waals surface area contributed by atoms with Crippen molar-refractivity contribution in [3.05, 3.63) is 53.3 Å². The van der Waals surface area contributed by atoms with Crippen LogP contribution in [0.4, 0.5) is 13.2 Å². The number of benzene rings is 1. The molecule has 0 fully saturated rings. The van der Waals surface area contributed by atoms with Crippen LogP contribution in [0.2, 0.25) is 0 Å². The van der Waals surface area contributed by atoms with E-state index in [1.807, 2.05) is 13.0 Å². The lowest BCUT2D eigenvalue weighted by Gasteiger charge is -2.06. The monoisotopic (exact) mass is 297 g/mol. The van der Waals surface area contributed by atoms with Gasteiger partial charge in [-0.3, -0.25) is 9.48 Å². The number of amides is 1. The van der Waals surface area contributed by atoms with Gasteiger partial charge in [0, 0.05) is 18.3 Å². The maximum Gasteiger partial charge on any atom is 0.435 e. The zero-order valence-corrected chi connectivity index (χ0v) is 11.3. The molecule has 0 unspecified atom stereocenters. The van der Waals surface area contributed by atoms with Crippen molar-refractivity contribution in [1.29, 1.82) is 0 Å². The van der Waals surface area contributed by atoms with Gasteiger partial charge in [0.25, 0.3) is 5.91 Å². The lowest BCUT2D eigenvalue weighted by molar-refractivity contribution is -0.141. The quantitative estimate of drug-likeness (QED) is 0.943. The third-order valence-electron chi connectivity index (χ3n) is 2.84. The molecule has 7 heteroatoms. The minimum atomic E-state index is -4.45. The van der Waals surface area contributed by atoms with Crippen molar-refractivity contribution in [2.45, 2.75) is 19.6 Å². The molecule has 0 aliphatic heterocycles. The van der Waals surface area contributed by atoms with Crippen LogP contribution in [-0.2, 0) is 12.7 Å². The van der Waals surface area contributed by atoms with E-state index in [2.05, 4.69) is 10.4 Å². The van der Waals surface area contributed by atoms with Gasteiger partial charge in [-0.15, -0.1) is 0 Å². The first-order chi connectivity index (χ1) is 9.86. The first kappa shape index (κ1) is 15.1. The summed E-state index contributed by atoms with van der Waals surface area (Å²) in [5.74, 6) is -0.262. The summed E-state index contributed by atoms with van der Waals surface area (Å²) in [6.45, 7) is 2.25. The Kier molecular flexibility index (Phi) is 4.30. The van der Waals surface area contributed by atoms with E-state index in [1.54, 1.807) is 18.2 Å². The van der Waals surface area contributed by atoms with Gasteiger partial charge >= 0.3 is 6.18 Å². The topological polar surface area (TPSA) is 46.9 Å². The standard InChI is InChI=1S/C14H14F3N3O/c1-10-3-2-4-11(9-10)13(21)18-6-8-20-7-5-12(19-20)14(15,16)17/h2-5,7,9H,6,8H2,1H3,(H,18,21). The van der Waals surface area contributed by atoms with Crippen molar-refractivity contribution < 1.29 is 18.0 Å². The fraction of sp³-hybridized carbons (Fsp3) is 0.286. The average Bonchev–Trinajstić information content (AvgIpc) is 2.87. The zero-order valence-electron chi connectivity index (χ0n) is 11.3. The van der Waals surface area contributed by atoms with E-state index in [0.29, 0.717) is 5.56 Å². The molecular formula is C14H14F3N3O. The second-order valence-electron chi connectivity index (χ2n) is 4.59. The molecule has 1 heterocycles. The summed E-state index contributed by atoms with van der Waals surface area (Å²) < 4.78 is 38.2. The van der Waals surface area contributed by atoms with E-state index >= 15 is 0 Å². The second-order valence-corrected chi connectivity index (χ2v) is 4.59. The van der Waals surface area contributed by atoms with Gasteiger partial charge in [0.1, 0.15) is 0 Å². The van der Waals surface area contributed by atoms with Crippen molar-refractivity contribution >= 4 is 5.91 Å². The lowest BCUT2D eigenvalue weighted by atomic mass is 10.1. The Morgan fingerprint density at radius 1 is 1.33 bits per heavy atom. The van der Waals surface area contributed by atoms with Crippen LogP contribution in [0.1, 0.15) is 21.6 Å². The minimum Gasteiger partial charge on any atom is -0.350 e. The highest BCUT2D eigenvalue weighted by atomic mass is 19.4. The molecule has 2 aromatic rings. The average molecular weight is 297 g/mol. The Hall–Kier alpha value is -2.31. The molecule has 0 spiro atoms. The summed E-state index contributed by atoms with van der Waals surface area (Å²) in [5.41, 5.74) is 0.545. The molecule has 0 aliphatic rings. The van der Waals surface area contributed by atoms with E-state index in [4.69, 9.17) is 0 Å². The highest BCUT2D eigenvalue weighted by Crippen LogP contribution is 2.27. The molecule has 0 atom stereocenters. The molecule has 0 saturated carbocycles. The van der Waals surface area contributed by atoms with Crippen LogP contribution >= 0.6 is 0 Å². The van der Waals surface area contributed by atoms with E-state index in [-0.39, 0.29) is 19.0 Å². The first-order valence-electron chi connectivity index (χ1n) is 6.32. The van der Waals surface area contributed by atoms with Crippen LogP contribution in [0.15, 0.2) is 36.5 Å². The highest BCUT2D eigenvalue weighted by molar-refractivity contribution is 5.94. The van der Waals surface area contributed by atoms with Gasteiger partial charge in [0.15, 0.2) is 5.69 Å². The Morgan fingerprint density at radius 2 is 2.10 bits per heavy atom. The normalized spacial score (nSPS) is 11.4. The molecule has 2 rings (SSSR count). The van der Waals surface area contributed by atoms with Crippen molar-refractivity contribution in [1.82, 2.24) is 15.1 Å². The SMILES string of the molecule is Cc1cccc(C(=O)NCCn2ccc(C(F)(F)F)n2)c1. The molecule has 112 valence electrons. The molecule has 4 nitrogen and oxygen atoms in total. The van der Waals surface area contributed by atoms with Crippen LogP contribution in [0.3, 0.4) is 0 Å². The number of alkyl halides is 3. The second kappa shape index (κ2) is 5.99. The van der Waals surface area contributed by atoms with E-state index in [1.165, 1.54) is 6.20 Å². The molecule has 1 amide bonds. The van der Waals surface area contributed by atoms with Gasteiger partial charge in [-0.1, -0.05) is 17.7 Å². The van der Waals surface area contributed by atoms with Crippen molar-refractivity contribution in [2.75, 3.05) is 6.54 Å². The molecule has 0 bridgehead atoms. The number of carbonyl (C=O) groups is 1. The van der Waals surface area contributed by atoms with Crippen LogP contribution < -0.4 is 5.32 Å². The molecule has 1 aromatic heterocycles. The Bertz CT molecular complexity index is 634. The summed E-state index contributed by atoms with van der Waals surface area (Å²) in [6.07, 6.45) is -3.21. The number of aryl methyl sites for hydroxylation is 1. The van der Waals surface area contributed by atoms with Crippen molar-refractivity contribution in [3.8, 4) is 0 Å². The number of nitrogens with zero attached hydrogens (tertiary/aromatic N) is 2. The van der Waals surface area contributed by atoms with E-state index < -0.39 is 11.9 Å². The summed E-state index contributed by atoms with van der Waals surface area (Å²) in [5, 5.41) is 6.05. The van der Waals surface area contributed by atoms with Gasteiger partial charge in [-0.25, -0.2) is 0 Å². The molecule has 21 heavy (non-hydrogen) atoms. The predicted octanol–water partition coefficient (Wildman–Crippen LogP) is 2.64. The maximum atomic E-state index is 12.4. The van der Waals surface area contributed by atoms with Crippen LogP contribution in [0.25, 0.3) is 0 Å². The van der Waals surface area contributed by atoms with Gasteiger partial charge in [-0.05, 0) is 25.1 Å². The molecule has 1 N–H and O–H groups in total. The lowest BCUT2D eigenvalue weighted by Crippen LogP contribution is -2.27. The number of carbonyl (C=O) groups excluding carboxylic acids is 1. The summed E-state index contributed by atoms with van der Waals surface area (Å²) in [4.78, 5) is 11.8. The fourth-order valence-electron chi connectivity index (χ4n) is 1.81. The van der Waals surface area contributed by atoms with Gasteiger partial charge < -0.3 is 5.32 Å². The van der Waals surface area contributed by atoms with Crippen LogP contribution in [0, 0.1) is 6.92 Å². The number of hydrogen-bond donors (Lipinski definition) is 1. The largest absolute Gasteiger partial charge is 0.435 e. The molecule has 1 aromatic carbocycles. The number of halogens is 3. The maximum absolute atomic E-state index is 12.4. The number of aromatic nitrogens is 2. The minimum absolute atomic E-state index is 0.174. The summed E-state index contributed by atoms with van der Waals surface area (Å²) >= 11 is 0. The van der Waals surface area contributed by atoms with Gasteiger partial charge in [-0.2, -0.15) is 18.3 Å². The highest BCUT2D eigenvalue weighted by Gasteiger charge is 2.33. The molecule has 0 saturated heterocycles. The summed E-state index contributed by atoms with van der Waals surface area (Å²) in [7, 11) is 0. The number of rotatable bonds is 4. The number of nitrogens with one attached hydrogen (secondary N) is 1. The smallest absolute Gasteiger partial charge is 0.350 e. The predicted molar refractivity (Wildman–Crippen MR) is 70.7 cm³/mol. The van der Waals surface area contributed by atoms with E-state index in [9.17, 15) is 18.0 Å². The van der Waals surface area contributed by atoms with Gasteiger partial charge in [0.2, 0.25) is 0 Å². The van der Waals surface area contributed by atoms with Crippen molar-refractivity contribution in [2.24, 2.45) is 0 Å². The molecular weight excluding hydrogens is 283 g/mol. The van der Waals surface area contributed by atoms with Crippen LogP contribution in [0.5, 0.6) is 0 Å². The van der Waals surface area contributed by atoms with Crippen molar-refractivity contribution in [3.63, 3.8) is 0 Å². The zero-order chi connectivity index (χ0) is 15.5. The van der Waals surface area contributed by atoms with E-state index in [0.717, 1.165) is 16.3 Å². The molecule has 0 radical (unpaired) electrons. The fourth-order valence-corrected chi connectivity index (χ4v) is 1.81. The summed E-state index contributed by atoms with van der Waals surface area (Å²) in [6, 6.07) is 7.97. The Morgan fingerprint density at radius 3 is 2.71 bits per heavy atom. The third kappa shape index (κ3) is 4.08. The third-order valence-corrected chi connectivity index (χ3v) is 2.84. The number of hydrogen-bond acceptors (Lipinski definition) is 2. The van der Waals surface area contributed by atoms with Gasteiger partial charge in [0.05, 0.1) is 6.54 Å².